The highest BCUT2D eigenvalue weighted by molar-refractivity contribution is 7.12. The number of aliphatic hydroxyl groups is 1. The maximum Gasteiger partial charge on any atom is 0.263 e. The summed E-state index contributed by atoms with van der Waals surface area (Å²) in [5, 5.41) is 14.4. The number of halogens is 1. The Labute approximate surface area is 120 Å². The Hall–Kier alpha value is -1.36. The number of carbonyl (C=O) groups excluding carboxylic acids is 1. The number of hydrogen-bond donors (Lipinski definition) is 2. The molecular weight excluding hydrogens is 282 g/mol. The van der Waals surface area contributed by atoms with Crippen LogP contribution in [0, 0.1) is 0 Å². The van der Waals surface area contributed by atoms with Crippen molar-refractivity contribution < 1.29 is 9.90 Å². The van der Waals surface area contributed by atoms with E-state index in [-0.39, 0.29) is 18.6 Å². The molecule has 0 saturated carbocycles. The number of carbonyl (C=O) groups is 1. The fourth-order valence-electron chi connectivity index (χ4n) is 1.77. The second-order valence-corrected chi connectivity index (χ2v) is 5.46. The fourth-order valence-corrected chi connectivity index (χ4v) is 2.81. The van der Waals surface area contributed by atoms with E-state index in [0.717, 1.165) is 5.56 Å². The molecule has 0 unspecified atom stereocenters. The molecule has 1 aromatic heterocycles. The molecule has 2 rings (SSSR count). The monoisotopic (exact) mass is 295 g/mol. The smallest absolute Gasteiger partial charge is 0.263 e. The lowest BCUT2D eigenvalue weighted by atomic mass is 10.1. The highest BCUT2D eigenvalue weighted by Gasteiger charge is 2.16. The van der Waals surface area contributed by atoms with E-state index in [1.54, 1.807) is 11.4 Å². The number of aliphatic hydroxyl groups excluding tert-OH is 1. The second-order valence-electron chi connectivity index (χ2n) is 4.14. The van der Waals surface area contributed by atoms with Gasteiger partial charge in [-0.2, -0.15) is 0 Å². The molecule has 0 aliphatic rings. The van der Waals surface area contributed by atoms with Crippen LogP contribution in [0.25, 0.3) is 0 Å². The van der Waals surface area contributed by atoms with Crippen LogP contribution in [-0.2, 0) is 6.42 Å². The van der Waals surface area contributed by atoms with E-state index < -0.39 is 0 Å². The van der Waals surface area contributed by atoms with E-state index >= 15 is 0 Å². The Kier molecular flexibility index (Phi) is 4.96. The molecular formula is C14H14ClNO2S. The lowest BCUT2D eigenvalue weighted by Crippen LogP contribution is -2.38. The van der Waals surface area contributed by atoms with Crippen molar-refractivity contribution in [2.75, 3.05) is 6.61 Å². The van der Waals surface area contributed by atoms with Gasteiger partial charge in [0.1, 0.15) is 4.88 Å². The van der Waals surface area contributed by atoms with Crippen LogP contribution in [0.3, 0.4) is 0 Å². The Morgan fingerprint density at radius 3 is 2.63 bits per heavy atom. The molecule has 0 fully saturated rings. The van der Waals surface area contributed by atoms with Gasteiger partial charge in [0.05, 0.1) is 17.7 Å². The molecule has 2 N–H and O–H groups in total. The molecule has 0 aliphatic heterocycles. The Balaban J connectivity index is 2.00. The Bertz CT molecular complexity index is 541. The number of thiophene rings is 1. The molecule has 1 heterocycles. The van der Waals surface area contributed by atoms with Crippen molar-refractivity contribution in [3.05, 3.63) is 57.2 Å². The summed E-state index contributed by atoms with van der Waals surface area (Å²) in [6.07, 6.45) is 0.589. The average Bonchev–Trinajstić information content (AvgIpc) is 2.85. The molecule has 0 aliphatic carbocycles. The second kappa shape index (κ2) is 6.70. The number of amides is 1. The molecule has 1 atom stereocenters. The van der Waals surface area contributed by atoms with Gasteiger partial charge in [-0.25, -0.2) is 0 Å². The van der Waals surface area contributed by atoms with Gasteiger partial charge in [-0.1, -0.05) is 41.9 Å². The van der Waals surface area contributed by atoms with Crippen molar-refractivity contribution >= 4 is 28.8 Å². The molecule has 2 aromatic rings. The first-order valence-corrected chi connectivity index (χ1v) is 7.15. The van der Waals surface area contributed by atoms with Crippen LogP contribution in [-0.4, -0.2) is 23.7 Å². The van der Waals surface area contributed by atoms with Gasteiger partial charge < -0.3 is 10.4 Å². The third kappa shape index (κ3) is 3.80. The average molecular weight is 296 g/mol. The van der Waals surface area contributed by atoms with Gasteiger partial charge in [0.25, 0.3) is 5.91 Å². The van der Waals surface area contributed by atoms with Crippen LogP contribution < -0.4 is 5.32 Å². The van der Waals surface area contributed by atoms with Crippen molar-refractivity contribution in [3.63, 3.8) is 0 Å². The third-order valence-electron chi connectivity index (χ3n) is 2.70. The van der Waals surface area contributed by atoms with Crippen molar-refractivity contribution in [3.8, 4) is 0 Å². The van der Waals surface area contributed by atoms with Gasteiger partial charge in [-0.05, 0) is 23.4 Å². The molecule has 5 heteroatoms. The lowest BCUT2D eigenvalue weighted by Gasteiger charge is -2.16. The van der Waals surface area contributed by atoms with Gasteiger partial charge in [0, 0.05) is 0 Å². The SMILES string of the molecule is O=C(N[C@@H](CO)Cc1ccccc1)c1sccc1Cl. The van der Waals surface area contributed by atoms with E-state index in [1.807, 2.05) is 30.3 Å². The van der Waals surface area contributed by atoms with Gasteiger partial charge in [-0.15, -0.1) is 11.3 Å². The third-order valence-corrected chi connectivity index (χ3v) is 4.04. The molecule has 3 nitrogen and oxygen atoms in total. The standard InChI is InChI=1S/C14H14ClNO2S/c15-12-6-7-19-13(12)14(18)16-11(9-17)8-10-4-2-1-3-5-10/h1-7,11,17H,8-9H2,(H,16,18)/t11-/m1/s1. The highest BCUT2D eigenvalue weighted by Crippen LogP contribution is 2.21. The summed E-state index contributed by atoms with van der Waals surface area (Å²) in [5.74, 6) is -0.241. The van der Waals surface area contributed by atoms with Crippen LogP contribution in [0.2, 0.25) is 5.02 Å². The maximum absolute atomic E-state index is 12.0. The Morgan fingerprint density at radius 2 is 2.05 bits per heavy atom. The number of rotatable bonds is 5. The highest BCUT2D eigenvalue weighted by atomic mass is 35.5. The van der Waals surface area contributed by atoms with Crippen molar-refractivity contribution in [2.45, 2.75) is 12.5 Å². The quantitative estimate of drug-likeness (QED) is 0.891. The number of benzene rings is 1. The first-order valence-electron chi connectivity index (χ1n) is 5.89. The van der Waals surface area contributed by atoms with E-state index in [4.69, 9.17) is 11.6 Å². The van der Waals surface area contributed by atoms with Crippen LogP contribution >= 0.6 is 22.9 Å². The zero-order valence-electron chi connectivity index (χ0n) is 10.2. The van der Waals surface area contributed by atoms with E-state index in [2.05, 4.69) is 5.32 Å². The number of nitrogens with one attached hydrogen (secondary N) is 1. The zero-order chi connectivity index (χ0) is 13.7. The molecule has 19 heavy (non-hydrogen) atoms. The van der Waals surface area contributed by atoms with E-state index in [0.29, 0.717) is 16.3 Å². The lowest BCUT2D eigenvalue weighted by molar-refractivity contribution is 0.0921. The molecule has 0 bridgehead atoms. The predicted molar refractivity (Wildman–Crippen MR) is 77.8 cm³/mol. The van der Waals surface area contributed by atoms with Crippen molar-refractivity contribution in [2.24, 2.45) is 0 Å². The van der Waals surface area contributed by atoms with Crippen LogP contribution in [0.15, 0.2) is 41.8 Å². The van der Waals surface area contributed by atoms with Crippen molar-refractivity contribution in [1.29, 1.82) is 0 Å². The number of hydrogen-bond acceptors (Lipinski definition) is 3. The molecule has 100 valence electrons. The topological polar surface area (TPSA) is 49.3 Å². The van der Waals surface area contributed by atoms with E-state index in [1.165, 1.54) is 11.3 Å². The zero-order valence-corrected chi connectivity index (χ0v) is 11.7. The summed E-state index contributed by atoms with van der Waals surface area (Å²) in [6, 6.07) is 11.1. The van der Waals surface area contributed by atoms with Gasteiger partial charge >= 0.3 is 0 Å². The minimum Gasteiger partial charge on any atom is -0.394 e. The molecule has 0 radical (unpaired) electrons. The molecule has 1 amide bonds. The van der Waals surface area contributed by atoms with Crippen molar-refractivity contribution in [1.82, 2.24) is 5.32 Å². The summed E-state index contributed by atoms with van der Waals surface area (Å²) in [6.45, 7) is -0.108. The summed E-state index contributed by atoms with van der Waals surface area (Å²) < 4.78 is 0. The largest absolute Gasteiger partial charge is 0.394 e. The van der Waals surface area contributed by atoms with Gasteiger partial charge in [0.15, 0.2) is 0 Å². The molecule has 0 saturated heterocycles. The summed E-state index contributed by atoms with van der Waals surface area (Å²) in [7, 11) is 0. The van der Waals surface area contributed by atoms with Crippen LogP contribution in [0.1, 0.15) is 15.2 Å². The van der Waals surface area contributed by atoms with Crippen LogP contribution in [0.5, 0.6) is 0 Å². The minimum atomic E-state index is -0.312. The predicted octanol–water partition coefficient (Wildman–Crippen LogP) is 2.73. The van der Waals surface area contributed by atoms with Crippen LogP contribution in [0.4, 0.5) is 0 Å². The normalized spacial score (nSPS) is 12.1. The summed E-state index contributed by atoms with van der Waals surface area (Å²) >= 11 is 7.20. The first kappa shape index (κ1) is 14.1. The van der Waals surface area contributed by atoms with Gasteiger partial charge in [0.2, 0.25) is 0 Å². The first-order chi connectivity index (χ1) is 9.20. The molecule has 1 aromatic carbocycles. The van der Waals surface area contributed by atoms with Gasteiger partial charge in [-0.3, -0.25) is 4.79 Å². The summed E-state index contributed by atoms with van der Waals surface area (Å²) in [4.78, 5) is 12.5. The maximum atomic E-state index is 12.0. The molecule has 0 spiro atoms. The summed E-state index contributed by atoms with van der Waals surface area (Å²) in [5.41, 5.74) is 1.07. The Morgan fingerprint density at radius 1 is 1.32 bits per heavy atom. The minimum absolute atomic E-state index is 0.108. The van der Waals surface area contributed by atoms with E-state index in [9.17, 15) is 9.90 Å². The fraction of sp³-hybridized carbons (Fsp3) is 0.214.